The van der Waals surface area contributed by atoms with E-state index in [1.54, 1.807) is 7.11 Å². The summed E-state index contributed by atoms with van der Waals surface area (Å²) in [5, 5.41) is 0. The maximum Gasteiger partial charge on any atom is 0.384 e. The highest BCUT2D eigenvalue weighted by molar-refractivity contribution is 6.04. The molecule has 4 heteroatoms. The smallest absolute Gasteiger partial charge is 0.384 e. The van der Waals surface area contributed by atoms with Crippen molar-refractivity contribution in [2.24, 2.45) is 10.8 Å². The zero-order chi connectivity index (χ0) is 38.5. The summed E-state index contributed by atoms with van der Waals surface area (Å²) in [6, 6.07) is 37.6. The van der Waals surface area contributed by atoms with E-state index < -0.39 is 5.97 Å². The van der Waals surface area contributed by atoms with Gasteiger partial charge < -0.3 is 14.3 Å². The van der Waals surface area contributed by atoms with Gasteiger partial charge in [0.05, 0.1) is 6.61 Å². The van der Waals surface area contributed by atoms with Crippen LogP contribution in [0.1, 0.15) is 113 Å². The highest BCUT2D eigenvalue weighted by Gasteiger charge is 2.16. The Hall–Kier alpha value is -5.16. The van der Waals surface area contributed by atoms with Gasteiger partial charge in [0.1, 0.15) is 6.29 Å². The van der Waals surface area contributed by atoms with Crippen LogP contribution in [0.3, 0.4) is 0 Å². The van der Waals surface area contributed by atoms with Gasteiger partial charge in [-0.15, -0.1) is 0 Å². The lowest BCUT2D eigenvalue weighted by molar-refractivity contribution is -0.136. The molecule has 4 nitrogen and oxygen atoms in total. The first-order chi connectivity index (χ1) is 25.4. The van der Waals surface area contributed by atoms with Gasteiger partial charge in [-0.2, -0.15) is 0 Å². The highest BCUT2D eigenvalue weighted by atomic mass is 16.5. The summed E-state index contributed by atoms with van der Waals surface area (Å²) in [7, 11) is 1.74. The molecule has 276 valence electrons. The number of unbranched alkanes of at least 4 members (excludes halogenated alkanes) is 5. The summed E-state index contributed by atoms with van der Waals surface area (Å²) in [4.78, 5) is 22.1. The van der Waals surface area contributed by atoms with Crippen LogP contribution in [0.4, 0.5) is 0 Å². The second-order valence-corrected chi connectivity index (χ2v) is 15.1. The molecule has 53 heavy (non-hydrogen) atoms. The molecule has 4 aromatic rings. The van der Waals surface area contributed by atoms with Crippen molar-refractivity contribution in [1.29, 1.82) is 0 Å². The number of ether oxygens (including phenoxy) is 2. The number of aldehydes is 1. The minimum Gasteiger partial charge on any atom is -0.456 e. The van der Waals surface area contributed by atoms with Crippen molar-refractivity contribution in [1.82, 2.24) is 0 Å². The Kier molecular flexibility index (Phi) is 17.6. The summed E-state index contributed by atoms with van der Waals surface area (Å²) < 4.78 is 10.4. The molecule has 0 spiro atoms. The molecule has 0 saturated carbocycles. The fraction of sp³-hybridized carbons (Fsp3) is 0.347. The molecule has 0 aromatic heterocycles. The zero-order valence-corrected chi connectivity index (χ0v) is 32.8. The predicted octanol–water partition coefficient (Wildman–Crippen LogP) is 11.2. The Morgan fingerprint density at radius 1 is 0.566 bits per heavy atom. The van der Waals surface area contributed by atoms with E-state index in [9.17, 15) is 9.59 Å². The van der Waals surface area contributed by atoms with E-state index in [0.717, 1.165) is 83.1 Å². The molecule has 0 fully saturated rings. The summed E-state index contributed by atoms with van der Waals surface area (Å²) in [6.45, 7) is 13.2. The van der Waals surface area contributed by atoms with E-state index in [0.29, 0.717) is 6.61 Å². The van der Waals surface area contributed by atoms with Gasteiger partial charge in [-0.3, -0.25) is 0 Å². The van der Waals surface area contributed by atoms with E-state index in [2.05, 4.69) is 129 Å². The molecular weight excluding hydrogens is 653 g/mol. The predicted molar refractivity (Wildman–Crippen MR) is 220 cm³/mol. The number of rotatable bonds is 13. The van der Waals surface area contributed by atoms with Crippen LogP contribution < -0.4 is 0 Å². The van der Waals surface area contributed by atoms with Gasteiger partial charge in [0.2, 0.25) is 0 Å². The largest absolute Gasteiger partial charge is 0.456 e. The third-order valence-corrected chi connectivity index (χ3v) is 7.94. The Balaban J connectivity index is 0.00000116. The lowest BCUT2D eigenvalue weighted by Crippen LogP contribution is -2.04. The van der Waals surface area contributed by atoms with E-state index in [4.69, 9.17) is 9.47 Å². The Morgan fingerprint density at radius 3 is 1.38 bits per heavy atom. The van der Waals surface area contributed by atoms with Crippen molar-refractivity contribution in [3.05, 3.63) is 143 Å². The van der Waals surface area contributed by atoms with Crippen LogP contribution in [0.15, 0.2) is 109 Å². The van der Waals surface area contributed by atoms with Gasteiger partial charge in [-0.1, -0.05) is 149 Å². The van der Waals surface area contributed by atoms with Crippen molar-refractivity contribution in [3.63, 3.8) is 0 Å². The molecule has 0 N–H and O–H groups in total. The van der Waals surface area contributed by atoms with Crippen LogP contribution in [0, 0.1) is 34.5 Å². The van der Waals surface area contributed by atoms with Crippen LogP contribution in [-0.4, -0.2) is 32.6 Å². The molecular formula is C49H56O4. The Bertz CT molecular complexity index is 1850. The molecule has 0 aliphatic heterocycles. The monoisotopic (exact) mass is 708 g/mol. The third kappa shape index (κ3) is 16.4. The minimum absolute atomic E-state index is 0.0604. The number of methoxy groups -OCH3 is 1. The van der Waals surface area contributed by atoms with E-state index >= 15 is 0 Å². The van der Waals surface area contributed by atoms with Crippen molar-refractivity contribution in [2.45, 2.75) is 80.1 Å². The average Bonchev–Trinajstić information content (AvgIpc) is 3.15. The first-order valence-electron chi connectivity index (χ1n) is 18.6. The van der Waals surface area contributed by atoms with Crippen molar-refractivity contribution < 1.29 is 19.1 Å². The van der Waals surface area contributed by atoms with Crippen LogP contribution in [0.5, 0.6) is 0 Å². The molecule has 4 rings (SSSR count). The lowest BCUT2D eigenvalue weighted by Gasteiger charge is -2.18. The maximum absolute atomic E-state index is 12.3. The van der Waals surface area contributed by atoms with Crippen molar-refractivity contribution >= 4 is 23.4 Å². The fourth-order valence-electron chi connectivity index (χ4n) is 5.20. The number of hydrogen-bond donors (Lipinski definition) is 0. The summed E-state index contributed by atoms with van der Waals surface area (Å²) >= 11 is 0. The second-order valence-electron chi connectivity index (χ2n) is 15.1. The van der Waals surface area contributed by atoms with Crippen LogP contribution >= 0.6 is 0 Å². The van der Waals surface area contributed by atoms with Crippen LogP contribution in [0.2, 0.25) is 0 Å². The average molecular weight is 709 g/mol. The normalized spacial score (nSPS) is 11.4. The molecule has 0 radical (unpaired) electrons. The first kappa shape index (κ1) is 42.3. The molecule has 0 atom stereocenters. The van der Waals surface area contributed by atoms with E-state index in [1.807, 2.05) is 45.0 Å². The summed E-state index contributed by atoms with van der Waals surface area (Å²) in [5.74, 6) is 11.8. The van der Waals surface area contributed by atoms with E-state index in [-0.39, 0.29) is 10.8 Å². The zero-order valence-electron chi connectivity index (χ0n) is 32.8. The van der Waals surface area contributed by atoms with Crippen molar-refractivity contribution in [3.8, 4) is 23.7 Å². The molecule has 0 aliphatic carbocycles. The maximum atomic E-state index is 12.3. The van der Waals surface area contributed by atoms with Crippen LogP contribution in [0.25, 0.3) is 11.1 Å². The minimum atomic E-state index is -0.485. The molecule has 0 saturated heterocycles. The number of carbonyl (C=O) groups is 2. The van der Waals surface area contributed by atoms with Gasteiger partial charge in [-0.05, 0) is 91.3 Å². The molecule has 0 amide bonds. The SMILES string of the molecule is CC(C)(C)C=O.COCCCCCCCCOC(=O)C#Cc1ccc(/C(=C(\c2ccccc2)c2ccc(C#CC(C)(C)C)cc2)c2ccccc2)cc1. The second kappa shape index (κ2) is 22.0. The Morgan fingerprint density at radius 2 is 0.962 bits per heavy atom. The van der Waals surface area contributed by atoms with Gasteiger partial charge in [0.25, 0.3) is 0 Å². The quantitative estimate of drug-likeness (QED) is 0.0456. The van der Waals surface area contributed by atoms with Gasteiger partial charge >= 0.3 is 5.97 Å². The molecule has 0 aliphatic rings. The summed E-state index contributed by atoms with van der Waals surface area (Å²) in [5.41, 5.74) is 8.20. The summed E-state index contributed by atoms with van der Waals surface area (Å²) in [6.07, 6.45) is 7.44. The number of benzene rings is 4. The molecule has 0 bridgehead atoms. The van der Waals surface area contributed by atoms with Crippen LogP contribution in [-0.2, 0) is 19.1 Å². The third-order valence-electron chi connectivity index (χ3n) is 7.94. The first-order valence-corrected chi connectivity index (χ1v) is 18.6. The number of esters is 1. The van der Waals surface area contributed by atoms with Gasteiger partial charge in [-0.25, -0.2) is 4.79 Å². The van der Waals surface area contributed by atoms with Gasteiger partial charge in [0.15, 0.2) is 0 Å². The number of carbonyl (C=O) groups excluding carboxylic acids is 2. The molecule has 0 heterocycles. The lowest BCUT2D eigenvalue weighted by atomic mass is 9.85. The topological polar surface area (TPSA) is 52.6 Å². The fourth-order valence-corrected chi connectivity index (χ4v) is 5.20. The highest BCUT2D eigenvalue weighted by Crippen LogP contribution is 2.37. The van der Waals surface area contributed by atoms with Crippen molar-refractivity contribution in [2.75, 3.05) is 20.3 Å². The van der Waals surface area contributed by atoms with Gasteiger partial charge in [0, 0.05) is 41.6 Å². The molecule has 4 aromatic carbocycles. The standard InChI is InChI=1S/C44H46O3.C5H10O/c1-44(2,3)32-31-36-23-28-40(29-24-36)43(38-19-13-10-14-20-38)42(37-17-11-9-12-18-37)39-26-21-35(22-27-39)25-30-41(45)47-34-16-8-6-5-7-15-33-46-4;1-5(2,3)4-6/h9-14,17-24,26-29H,5-8,15-16,33-34H2,1-4H3;4H,1-3H3/b43-42+;. The Labute approximate surface area is 319 Å². The van der Waals surface area contributed by atoms with E-state index in [1.165, 1.54) is 12.8 Å². The number of hydrogen-bond acceptors (Lipinski definition) is 4. The molecule has 0 unspecified atom stereocenters.